The van der Waals surface area contributed by atoms with Crippen molar-refractivity contribution < 1.29 is 9.53 Å². The number of hydrogen-bond donors (Lipinski definition) is 2. The molecule has 3 rings (SSSR count). The van der Waals surface area contributed by atoms with E-state index in [1.807, 2.05) is 32.0 Å². The molecule has 4 heteroatoms. The lowest BCUT2D eigenvalue weighted by atomic mass is 10.1. The fraction of sp³-hybridized carbons (Fsp3) is 0.286. The molecule has 3 aromatic rings. The largest absolute Gasteiger partial charge is 0.464 e. The third-order valence-corrected chi connectivity index (χ3v) is 3.85. The standard InChI is InChI=1S/C19H20N2O2.C2H6/c1-23-19(22)18-12-16-11-14(7-8-17(16)21-18)9-10-20-13-15-5-3-2-4-6-15;1-2/h2-8,11-12,20-21H,9-10,13H2,1H3;1-2H3. The van der Waals surface area contributed by atoms with Crippen molar-refractivity contribution in [3.63, 3.8) is 0 Å². The molecular weight excluding hydrogens is 312 g/mol. The normalized spacial score (nSPS) is 10.2. The number of methoxy groups -OCH3 is 1. The Hall–Kier alpha value is -2.59. The van der Waals surface area contributed by atoms with E-state index in [-0.39, 0.29) is 5.97 Å². The maximum Gasteiger partial charge on any atom is 0.354 e. The number of carbonyl (C=O) groups is 1. The maximum atomic E-state index is 11.6. The number of fused-ring (bicyclic) bond motifs is 1. The lowest BCUT2D eigenvalue weighted by Gasteiger charge is -2.05. The zero-order valence-corrected chi connectivity index (χ0v) is 15.1. The number of rotatable bonds is 6. The van der Waals surface area contributed by atoms with E-state index in [9.17, 15) is 4.79 Å². The molecule has 0 aliphatic rings. The van der Waals surface area contributed by atoms with E-state index in [2.05, 4.69) is 46.7 Å². The Kier molecular flexibility index (Phi) is 7.23. The Morgan fingerprint density at radius 3 is 2.52 bits per heavy atom. The van der Waals surface area contributed by atoms with E-state index in [0.717, 1.165) is 30.4 Å². The van der Waals surface area contributed by atoms with Gasteiger partial charge in [-0.15, -0.1) is 0 Å². The Morgan fingerprint density at radius 2 is 1.80 bits per heavy atom. The highest BCUT2D eigenvalue weighted by Crippen LogP contribution is 2.18. The minimum Gasteiger partial charge on any atom is -0.464 e. The number of benzene rings is 2. The highest BCUT2D eigenvalue weighted by molar-refractivity contribution is 5.94. The van der Waals surface area contributed by atoms with Gasteiger partial charge in [0.2, 0.25) is 0 Å². The first-order valence-electron chi connectivity index (χ1n) is 8.71. The summed E-state index contributed by atoms with van der Waals surface area (Å²) in [6.45, 7) is 5.79. The van der Waals surface area contributed by atoms with Crippen LogP contribution in [0.2, 0.25) is 0 Å². The van der Waals surface area contributed by atoms with Gasteiger partial charge in [0.15, 0.2) is 0 Å². The first-order valence-corrected chi connectivity index (χ1v) is 8.71. The van der Waals surface area contributed by atoms with Gasteiger partial charge in [-0.05, 0) is 42.3 Å². The highest BCUT2D eigenvalue weighted by atomic mass is 16.5. The third kappa shape index (κ3) is 5.19. The monoisotopic (exact) mass is 338 g/mol. The molecule has 0 saturated carbocycles. The van der Waals surface area contributed by atoms with Gasteiger partial charge in [0.05, 0.1) is 7.11 Å². The Balaban J connectivity index is 0.00000109. The van der Waals surface area contributed by atoms with Crippen LogP contribution in [-0.4, -0.2) is 24.6 Å². The summed E-state index contributed by atoms with van der Waals surface area (Å²) in [6, 6.07) is 18.4. The minimum absolute atomic E-state index is 0.340. The third-order valence-electron chi connectivity index (χ3n) is 3.85. The number of hydrogen-bond acceptors (Lipinski definition) is 3. The van der Waals surface area contributed by atoms with Gasteiger partial charge < -0.3 is 15.0 Å². The van der Waals surface area contributed by atoms with Gasteiger partial charge in [0, 0.05) is 17.4 Å². The SMILES string of the molecule is CC.COC(=O)c1cc2cc(CCNCc3ccccc3)ccc2[nH]1. The van der Waals surface area contributed by atoms with Gasteiger partial charge >= 0.3 is 5.97 Å². The summed E-state index contributed by atoms with van der Waals surface area (Å²) in [7, 11) is 1.39. The summed E-state index contributed by atoms with van der Waals surface area (Å²) >= 11 is 0. The summed E-state index contributed by atoms with van der Waals surface area (Å²) in [4.78, 5) is 14.6. The van der Waals surface area contributed by atoms with Crippen molar-refractivity contribution in [3.8, 4) is 0 Å². The molecule has 4 nitrogen and oxygen atoms in total. The van der Waals surface area contributed by atoms with E-state index in [4.69, 9.17) is 4.74 Å². The molecule has 0 atom stereocenters. The topological polar surface area (TPSA) is 54.1 Å². The fourth-order valence-corrected chi connectivity index (χ4v) is 2.62. The van der Waals surface area contributed by atoms with Gasteiger partial charge in [-0.2, -0.15) is 0 Å². The van der Waals surface area contributed by atoms with Crippen molar-refractivity contribution >= 4 is 16.9 Å². The summed E-state index contributed by atoms with van der Waals surface area (Å²) in [6.07, 6.45) is 0.946. The second-order valence-electron chi connectivity index (χ2n) is 5.51. The van der Waals surface area contributed by atoms with Crippen molar-refractivity contribution in [2.24, 2.45) is 0 Å². The Labute approximate surface area is 149 Å². The Bertz CT molecular complexity index is 794. The van der Waals surface area contributed by atoms with Crippen LogP contribution in [0.25, 0.3) is 10.9 Å². The lowest BCUT2D eigenvalue weighted by molar-refractivity contribution is 0.0595. The lowest BCUT2D eigenvalue weighted by Crippen LogP contribution is -2.16. The van der Waals surface area contributed by atoms with E-state index < -0.39 is 0 Å². The predicted octanol–water partition coefficient (Wildman–Crippen LogP) is 4.31. The van der Waals surface area contributed by atoms with Crippen LogP contribution in [0.1, 0.15) is 35.5 Å². The van der Waals surface area contributed by atoms with E-state index in [0.29, 0.717) is 5.69 Å². The molecule has 0 radical (unpaired) electrons. The molecule has 0 aliphatic heterocycles. The summed E-state index contributed by atoms with van der Waals surface area (Å²) in [5, 5.41) is 4.48. The van der Waals surface area contributed by atoms with Crippen LogP contribution in [-0.2, 0) is 17.7 Å². The van der Waals surface area contributed by atoms with E-state index >= 15 is 0 Å². The number of aromatic amines is 1. The average Bonchev–Trinajstić information content (AvgIpc) is 3.10. The van der Waals surface area contributed by atoms with Gasteiger partial charge in [-0.25, -0.2) is 4.79 Å². The van der Waals surface area contributed by atoms with Crippen LogP contribution >= 0.6 is 0 Å². The van der Waals surface area contributed by atoms with E-state index in [1.165, 1.54) is 18.2 Å². The quantitative estimate of drug-likeness (QED) is 0.520. The molecule has 2 aromatic carbocycles. The number of esters is 1. The van der Waals surface area contributed by atoms with Gasteiger partial charge in [0.25, 0.3) is 0 Å². The molecule has 0 aliphatic carbocycles. The Morgan fingerprint density at radius 1 is 1.04 bits per heavy atom. The van der Waals surface area contributed by atoms with Crippen LogP contribution in [0, 0.1) is 0 Å². The molecule has 0 saturated heterocycles. The summed E-state index contributed by atoms with van der Waals surface area (Å²) in [5.41, 5.74) is 3.97. The molecule has 0 amide bonds. The van der Waals surface area contributed by atoms with Crippen molar-refractivity contribution in [2.45, 2.75) is 26.8 Å². The van der Waals surface area contributed by atoms with Crippen LogP contribution < -0.4 is 5.32 Å². The average molecular weight is 338 g/mol. The number of carbonyl (C=O) groups excluding carboxylic acids is 1. The second kappa shape index (κ2) is 9.64. The van der Waals surface area contributed by atoms with Crippen molar-refractivity contribution in [2.75, 3.05) is 13.7 Å². The zero-order valence-electron chi connectivity index (χ0n) is 15.1. The maximum absolute atomic E-state index is 11.6. The summed E-state index contributed by atoms with van der Waals surface area (Å²) in [5.74, 6) is -0.340. The molecule has 0 bridgehead atoms. The summed E-state index contributed by atoms with van der Waals surface area (Å²) < 4.78 is 4.74. The van der Waals surface area contributed by atoms with Crippen LogP contribution in [0.5, 0.6) is 0 Å². The number of H-pyrrole nitrogens is 1. The predicted molar refractivity (Wildman–Crippen MR) is 103 cm³/mol. The number of aromatic nitrogens is 1. The van der Waals surface area contributed by atoms with Crippen LogP contribution in [0.15, 0.2) is 54.6 Å². The molecule has 25 heavy (non-hydrogen) atoms. The number of ether oxygens (including phenoxy) is 1. The van der Waals surface area contributed by atoms with Gasteiger partial charge in [-0.1, -0.05) is 50.2 Å². The van der Waals surface area contributed by atoms with Gasteiger partial charge in [0.1, 0.15) is 5.69 Å². The molecule has 2 N–H and O–H groups in total. The second-order valence-corrected chi connectivity index (χ2v) is 5.51. The molecule has 132 valence electrons. The molecular formula is C21H26N2O2. The fourth-order valence-electron chi connectivity index (χ4n) is 2.62. The molecule has 0 spiro atoms. The zero-order chi connectivity index (χ0) is 18.1. The van der Waals surface area contributed by atoms with E-state index in [1.54, 1.807) is 0 Å². The molecule has 1 aromatic heterocycles. The van der Waals surface area contributed by atoms with Crippen molar-refractivity contribution in [1.29, 1.82) is 0 Å². The number of nitrogens with one attached hydrogen (secondary N) is 2. The first-order chi connectivity index (χ1) is 12.3. The van der Waals surface area contributed by atoms with Crippen LogP contribution in [0.4, 0.5) is 0 Å². The highest BCUT2D eigenvalue weighted by Gasteiger charge is 2.09. The van der Waals surface area contributed by atoms with Gasteiger partial charge in [-0.3, -0.25) is 0 Å². The first kappa shape index (κ1) is 18.7. The van der Waals surface area contributed by atoms with Crippen molar-refractivity contribution in [3.05, 3.63) is 71.4 Å². The minimum atomic E-state index is -0.340. The smallest absolute Gasteiger partial charge is 0.354 e. The van der Waals surface area contributed by atoms with Crippen molar-refractivity contribution in [1.82, 2.24) is 10.3 Å². The molecule has 0 unspecified atom stereocenters. The molecule has 0 fully saturated rings. The molecule has 1 heterocycles. The van der Waals surface area contributed by atoms with Crippen LogP contribution in [0.3, 0.4) is 0 Å².